The number of para-hydroxylation sites is 2. The zero-order valence-corrected chi connectivity index (χ0v) is 18.5. The minimum Gasteiger partial charge on any atom is -0.367 e. The van der Waals surface area contributed by atoms with E-state index in [1.54, 1.807) is 0 Å². The second-order valence-electron chi connectivity index (χ2n) is 7.89. The minimum absolute atomic E-state index is 0.434. The number of halogens is 1. The van der Waals surface area contributed by atoms with Crippen LogP contribution in [0.5, 0.6) is 0 Å². The molecule has 0 spiro atoms. The Labute approximate surface area is 183 Å². The molecule has 1 aliphatic rings. The Hall–Kier alpha value is -2.37. The topological polar surface area (TPSA) is 53.1 Å². The van der Waals surface area contributed by atoms with Gasteiger partial charge in [-0.25, -0.2) is 4.98 Å². The first-order chi connectivity index (χ1) is 14.7. The molecule has 1 fully saturated rings. The summed E-state index contributed by atoms with van der Waals surface area (Å²) in [5, 5.41) is 8.70. The predicted molar refractivity (Wildman–Crippen MR) is 127 cm³/mol. The zero-order chi connectivity index (χ0) is 20.9. The largest absolute Gasteiger partial charge is 0.367 e. The first-order valence-corrected chi connectivity index (χ1v) is 11.3. The summed E-state index contributed by atoms with van der Waals surface area (Å²) in [5.74, 6) is 1.45. The van der Waals surface area contributed by atoms with Gasteiger partial charge in [0.25, 0.3) is 0 Å². The first kappa shape index (κ1) is 20.9. The van der Waals surface area contributed by atoms with Gasteiger partial charge in [-0.1, -0.05) is 49.7 Å². The van der Waals surface area contributed by atoms with Gasteiger partial charge in [0.05, 0.1) is 16.2 Å². The minimum atomic E-state index is 0.434. The van der Waals surface area contributed by atoms with Gasteiger partial charge >= 0.3 is 0 Å². The third-order valence-electron chi connectivity index (χ3n) is 6.09. The second kappa shape index (κ2) is 9.63. The summed E-state index contributed by atoms with van der Waals surface area (Å²) in [6, 6.07) is 16.9. The van der Waals surface area contributed by atoms with Crippen molar-refractivity contribution in [3.05, 3.63) is 53.6 Å². The standard InChI is InChI=1S/C24H30ClN5/c1-3-30(4-2)18-15-13-17(14-16-18)26-23-19-9-5-7-11-21(19)27-24(29-23)28-22-12-8-6-10-20(22)25/h5-12,17-18H,3-4,13-16H2,1-2H3,(H2,26,27,28,29). The molecule has 6 heteroatoms. The van der Waals surface area contributed by atoms with Gasteiger partial charge in [0.2, 0.25) is 5.95 Å². The Kier molecular flexibility index (Phi) is 6.70. The van der Waals surface area contributed by atoms with Gasteiger partial charge in [-0.2, -0.15) is 4.98 Å². The van der Waals surface area contributed by atoms with Crippen molar-refractivity contribution in [3.8, 4) is 0 Å². The van der Waals surface area contributed by atoms with Crippen molar-refractivity contribution in [1.82, 2.24) is 14.9 Å². The Balaban J connectivity index is 1.54. The molecular formula is C24H30ClN5. The smallest absolute Gasteiger partial charge is 0.229 e. The molecule has 5 nitrogen and oxygen atoms in total. The number of hydrogen-bond donors (Lipinski definition) is 2. The van der Waals surface area contributed by atoms with Crippen LogP contribution in [0.2, 0.25) is 5.02 Å². The van der Waals surface area contributed by atoms with Crippen molar-refractivity contribution in [3.63, 3.8) is 0 Å². The Morgan fingerprint density at radius 3 is 2.37 bits per heavy atom. The predicted octanol–water partition coefficient (Wildman–Crippen LogP) is 6.09. The van der Waals surface area contributed by atoms with Crippen molar-refractivity contribution < 1.29 is 0 Å². The Bertz CT molecular complexity index is 980. The molecule has 0 saturated heterocycles. The summed E-state index contributed by atoms with van der Waals surface area (Å²) in [4.78, 5) is 12.1. The number of anilines is 3. The van der Waals surface area contributed by atoms with Crippen molar-refractivity contribution in [2.75, 3.05) is 23.7 Å². The van der Waals surface area contributed by atoms with E-state index in [1.165, 1.54) is 12.8 Å². The monoisotopic (exact) mass is 423 g/mol. The number of aromatic nitrogens is 2. The molecule has 1 aromatic heterocycles. The maximum Gasteiger partial charge on any atom is 0.229 e. The van der Waals surface area contributed by atoms with Crippen LogP contribution < -0.4 is 10.6 Å². The maximum absolute atomic E-state index is 6.31. The van der Waals surface area contributed by atoms with E-state index in [0.717, 1.165) is 48.3 Å². The van der Waals surface area contributed by atoms with Gasteiger partial charge in [-0.05, 0) is 63.0 Å². The van der Waals surface area contributed by atoms with E-state index in [1.807, 2.05) is 42.5 Å². The molecule has 1 heterocycles. The Morgan fingerprint density at radius 2 is 1.63 bits per heavy atom. The molecule has 0 aliphatic heterocycles. The first-order valence-electron chi connectivity index (χ1n) is 11.0. The fourth-order valence-corrected chi connectivity index (χ4v) is 4.63. The van der Waals surface area contributed by atoms with Crippen LogP contribution >= 0.6 is 11.6 Å². The summed E-state index contributed by atoms with van der Waals surface area (Å²) in [7, 11) is 0. The summed E-state index contributed by atoms with van der Waals surface area (Å²) in [6.45, 7) is 6.78. The van der Waals surface area contributed by atoms with E-state index in [9.17, 15) is 0 Å². The lowest BCUT2D eigenvalue weighted by Crippen LogP contribution is -2.40. The average molecular weight is 424 g/mol. The van der Waals surface area contributed by atoms with E-state index < -0.39 is 0 Å². The van der Waals surface area contributed by atoms with Crippen LogP contribution in [0, 0.1) is 0 Å². The van der Waals surface area contributed by atoms with Gasteiger partial charge in [-0.15, -0.1) is 0 Å². The van der Waals surface area contributed by atoms with Gasteiger partial charge in [0.15, 0.2) is 0 Å². The number of hydrogen-bond acceptors (Lipinski definition) is 5. The molecule has 1 saturated carbocycles. The summed E-state index contributed by atoms with van der Waals surface area (Å²) < 4.78 is 0. The number of nitrogens with one attached hydrogen (secondary N) is 2. The molecule has 2 N–H and O–H groups in total. The summed E-state index contributed by atoms with van der Waals surface area (Å²) >= 11 is 6.31. The van der Waals surface area contributed by atoms with Crippen molar-refractivity contribution in [2.45, 2.75) is 51.6 Å². The van der Waals surface area contributed by atoms with Crippen LogP contribution in [-0.2, 0) is 0 Å². The SMILES string of the molecule is CCN(CC)C1CCC(Nc2nc(Nc3ccccc3Cl)nc3ccccc23)CC1. The number of benzene rings is 2. The molecule has 0 unspecified atom stereocenters. The fourth-order valence-electron chi connectivity index (χ4n) is 4.44. The molecular weight excluding hydrogens is 394 g/mol. The van der Waals surface area contributed by atoms with E-state index in [-0.39, 0.29) is 0 Å². The lowest BCUT2D eigenvalue weighted by Gasteiger charge is -2.36. The van der Waals surface area contributed by atoms with E-state index in [2.05, 4.69) is 35.4 Å². The second-order valence-corrected chi connectivity index (χ2v) is 8.30. The third kappa shape index (κ3) is 4.68. The normalized spacial score (nSPS) is 19.2. The maximum atomic E-state index is 6.31. The molecule has 2 aromatic carbocycles. The number of fused-ring (bicyclic) bond motifs is 1. The highest BCUT2D eigenvalue weighted by atomic mass is 35.5. The number of nitrogens with zero attached hydrogens (tertiary/aromatic N) is 3. The van der Waals surface area contributed by atoms with Gasteiger partial charge in [0, 0.05) is 17.5 Å². The average Bonchev–Trinajstić information content (AvgIpc) is 2.77. The van der Waals surface area contributed by atoms with Crippen molar-refractivity contribution in [1.29, 1.82) is 0 Å². The zero-order valence-electron chi connectivity index (χ0n) is 17.7. The van der Waals surface area contributed by atoms with Crippen LogP contribution in [0.25, 0.3) is 10.9 Å². The summed E-state index contributed by atoms with van der Waals surface area (Å²) in [6.07, 6.45) is 4.78. The lowest BCUT2D eigenvalue weighted by atomic mass is 9.90. The Morgan fingerprint density at radius 1 is 0.933 bits per heavy atom. The molecule has 0 atom stereocenters. The van der Waals surface area contributed by atoms with Gasteiger partial charge in [0.1, 0.15) is 5.82 Å². The fraction of sp³-hybridized carbons (Fsp3) is 0.417. The molecule has 0 bridgehead atoms. The molecule has 1 aliphatic carbocycles. The highest BCUT2D eigenvalue weighted by Crippen LogP contribution is 2.30. The van der Waals surface area contributed by atoms with E-state index >= 15 is 0 Å². The molecule has 30 heavy (non-hydrogen) atoms. The van der Waals surface area contributed by atoms with Crippen LogP contribution in [0.1, 0.15) is 39.5 Å². The van der Waals surface area contributed by atoms with Crippen molar-refractivity contribution in [2.24, 2.45) is 0 Å². The van der Waals surface area contributed by atoms with Crippen molar-refractivity contribution >= 4 is 40.0 Å². The highest BCUT2D eigenvalue weighted by Gasteiger charge is 2.25. The van der Waals surface area contributed by atoms with Gasteiger partial charge < -0.3 is 15.5 Å². The highest BCUT2D eigenvalue weighted by molar-refractivity contribution is 6.33. The summed E-state index contributed by atoms with van der Waals surface area (Å²) in [5.41, 5.74) is 1.72. The van der Waals surface area contributed by atoms with Crippen LogP contribution in [0.15, 0.2) is 48.5 Å². The van der Waals surface area contributed by atoms with Gasteiger partial charge in [-0.3, -0.25) is 0 Å². The van der Waals surface area contributed by atoms with E-state index in [0.29, 0.717) is 23.1 Å². The molecule has 0 radical (unpaired) electrons. The van der Waals surface area contributed by atoms with Crippen LogP contribution in [-0.4, -0.2) is 40.0 Å². The lowest BCUT2D eigenvalue weighted by molar-refractivity contribution is 0.167. The van der Waals surface area contributed by atoms with Crippen LogP contribution in [0.3, 0.4) is 0 Å². The van der Waals surface area contributed by atoms with E-state index in [4.69, 9.17) is 21.6 Å². The quantitative estimate of drug-likeness (QED) is 0.481. The van der Waals surface area contributed by atoms with Crippen LogP contribution in [0.4, 0.5) is 17.5 Å². The molecule has 3 aromatic rings. The molecule has 158 valence electrons. The number of rotatable bonds is 7. The molecule has 4 rings (SSSR count). The third-order valence-corrected chi connectivity index (χ3v) is 6.42. The molecule has 0 amide bonds.